The van der Waals surface area contributed by atoms with Crippen LogP contribution >= 0.6 is 11.3 Å². The zero-order valence-electron chi connectivity index (χ0n) is 25.1. The molecule has 0 aliphatic carbocycles. The Morgan fingerprint density at radius 3 is 2.87 bits per heavy atom. The minimum Gasteiger partial charge on any atom is -0.471 e. The molecule has 3 aliphatic heterocycles. The van der Waals surface area contributed by atoms with Gasteiger partial charge in [0.25, 0.3) is 0 Å². The second-order valence-corrected chi connectivity index (χ2v) is 13.2. The Balaban J connectivity index is 1.32. The van der Waals surface area contributed by atoms with Crippen LogP contribution in [0.25, 0.3) is 37.0 Å². The molecule has 9 nitrogen and oxygen atoms in total. The van der Waals surface area contributed by atoms with E-state index in [2.05, 4.69) is 26.3 Å². The molecule has 0 bridgehead atoms. The standard InChI is InChI=1S/C33H31F3N6O3S/c1-4-26(43)42-11-8-25(17(42)2)45-31-21-12-23(36)20(19-6-7-22(35)29-27(19)28(38-3)30(37)46-29)13-24(21)39-32(40-31)44-16-33-9-5-10-41(33)15-18(34)14-33/h4,6-7,12-13,17-18,25H,1,5,8-11,14-16,37H2,2H3. The molecule has 2 N–H and O–H groups in total. The van der Waals surface area contributed by atoms with Gasteiger partial charge in [0.1, 0.15) is 30.5 Å². The molecule has 5 heterocycles. The zero-order valence-corrected chi connectivity index (χ0v) is 25.9. The molecule has 2 aromatic carbocycles. The molecule has 4 aromatic rings. The SMILES string of the molecule is [C-]#[N+]c1c(N)sc2c(F)ccc(-c3cc4nc(OCC56CCCN5CC(F)C6)nc(OC5CCN(C(=O)C=C)C5C)c4cc3F)c12. The fourth-order valence-electron chi connectivity index (χ4n) is 7.26. The number of ether oxygens (including phenoxy) is 2. The molecule has 4 unspecified atom stereocenters. The highest BCUT2D eigenvalue weighted by atomic mass is 32.1. The molecule has 13 heteroatoms. The number of alkyl halides is 1. The van der Waals surface area contributed by atoms with Crippen LogP contribution in [-0.4, -0.2) is 75.8 Å². The number of nitrogen functional groups attached to an aromatic ring is 1. The molecule has 238 valence electrons. The molecular weight excluding hydrogens is 617 g/mol. The van der Waals surface area contributed by atoms with E-state index >= 15 is 4.39 Å². The normalized spacial score (nSPS) is 24.4. The molecule has 0 spiro atoms. The number of nitrogens with zero attached hydrogens (tertiary/aromatic N) is 5. The van der Waals surface area contributed by atoms with Crippen molar-refractivity contribution < 1.29 is 27.4 Å². The van der Waals surface area contributed by atoms with Crippen LogP contribution in [0.4, 0.5) is 23.9 Å². The van der Waals surface area contributed by atoms with Gasteiger partial charge in [-0.1, -0.05) is 12.6 Å². The van der Waals surface area contributed by atoms with E-state index in [1.165, 1.54) is 30.3 Å². The predicted octanol–water partition coefficient (Wildman–Crippen LogP) is 6.43. The first kappa shape index (κ1) is 30.3. The summed E-state index contributed by atoms with van der Waals surface area (Å²) in [6.07, 6.45) is 2.49. The van der Waals surface area contributed by atoms with E-state index < -0.39 is 29.4 Å². The third-order valence-electron chi connectivity index (χ3n) is 9.56. The van der Waals surface area contributed by atoms with Crippen LogP contribution in [0, 0.1) is 18.2 Å². The second-order valence-electron chi connectivity index (χ2n) is 12.2. The van der Waals surface area contributed by atoms with Crippen molar-refractivity contribution in [3.63, 3.8) is 0 Å². The highest BCUT2D eigenvalue weighted by Gasteiger charge is 2.49. The number of rotatable bonds is 7. The Kier molecular flexibility index (Phi) is 7.52. The Morgan fingerprint density at radius 2 is 2.09 bits per heavy atom. The number of benzene rings is 2. The van der Waals surface area contributed by atoms with Crippen molar-refractivity contribution in [3.8, 4) is 23.0 Å². The van der Waals surface area contributed by atoms with Gasteiger partial charge in [-0.2, -0.15) is 9.97 Å². The number of carbonyl (C=O) groups is 1. The number of nitrogens with two attached hydrogens (primary N) is 1. The van der Waals surface area contributed by atoms with E-state index in [-0.39, 0.29) is 62.2 Å². The molecule has 46 heavy (non-hydrogen) atoms. The number of likely N-dealkylation sites (tertiary alicyclic amines) is 1. The first-order chi connectivity index (χ1) is 22.1. The largest absolute Gasteiger partial charge is 0.471 e. The zero-order chi connectivity index (χ0) is 32.3. The molecule has 4 atom stereocenters. The van der Waals surface area contributed by atoms with Crippen LogP contribution in [0.1, 0.15) is 32.6 Å². The number of fused-ring (bicyclic) bond motifs is 3. The van der Waals surface area contributed by atoms with Crippen molar-refractivity contribution in [1.82, 2.24) is 19.8 Å². The van der Waals surface area contributed by atoms with Crippen LogP contribution in [0.2, 0.25) is 0 Å². The van der Waals surface area contributed by atoms with Gasteiger partial charge in [0.05, 0.1) is 38.8 Å². The number of hydrogen-bond acceptors (Lipinski definition) is 8. The summed E-state index contributed by atoms with van der Waals surface area (Å²) in [4.78, 5) is 28.8. The molecule has 0 radical (unpaired) electrons. The summed E-state index contributed by atoms with van der Waals surface area (Å²) in [5.41, 5.74) is 6.32. The molecule has 1 amide bonds. The summed E-state index contributed by atoms with van der Waals surface area (Å²) in [6, 6.07) is 5.07. The smallest absolute Gasteiger partial charge is 0.320 e. The van der Waals surface area contributed by atoms with E-state index in [0.717, 1.165) is 30.7 Å². The molecule has 0 saturated carbocycles. The van der Waals surface area contributed by atoms with Crippen LogP contribution in [0.15, 0.2) is 36.9 Å². The second kappa shape index (κ2) is 11.4. The van der Waals surface area contributed by atoms with Gasteiger partial charge in [0.15, 0.2) is 0 Å². The molecule has 3 fully saturated rings. The Hall–Kier alpha value is -4.41. The summed E-state index contributed by atoms with van der Waals surface area (Å²) in [5, 5.41) is 0.642. The Bertz CT molecular complexity index is 1950. The lowest BCUT2D eigenvalue weighted by Crippen LogP contribution is -2.43. The van der Waals surface area contributed by atoms with Gasteiger partial charge in [0, 0.05) is 36.9 Å². The van der Waals surface area contributed by atoms with Gasteiger partial charge in [0.2, 0.25) is 17.5 Å². The third-order valence-corrected chi connectivity index (χ3v) is 10.6. The number of anilines is 1. The van der Waals surface area contributed by atoms with Crippen molar-refractivity contribution >= 4 is 48.9 Å². The predicted molar refractivity (Wildman–Crippen MR) is 170 cm³/mol. The lowest BCUT2D eigenvalue weighted by atomic mass is 9.95. The number of carbonyl (C=O) groups excluding carboxylic acids is 1. The lowest BCUT2D eigenvalue weighted by molar-refractivity contribution is -0.127. The highest BCUT2D eigenvalue weighted by molar-refractivity contribution is 7.23. The number of aromatic nitrogens is 2. The quantitative estimate of drug-likeness (QED) is 0.182. The van der Waals surface area contributed by atoms with Gasteiger partial charge < -0.3 is 20.1 Å². The summed E-state index contributed by atoms with van der Waals surface area (Å²) in [6.45, 7) is 14.9. The summed E-state index contributed by atoms with van der Waals surface area (Å²) < 4.78 is 58.0. The average molecular weight is 649 g/mol. The molecular formula is C33H31F3N6O3S. The van der Waals surface area contributed by atoms with Gasteiger partial charge in [-0.25, -0.2) is 18.0 Å². The molecule has 2 aromatic heterocycles. The number of halogens is 3. The van der Waals surface area contributed by atoms with Gasteiger partial charge in [-0.05, 0) is 56.1 Å². The fraction of sp³-hybridized carbons (Fsp3) is 0.394. The third kappa shape index (κ3) is 4.91. The van der Waals surface area contributed by atoms with Crippen molar-refractivity contribution in [2.24, 2.45) is 0 Å². The van der Waals surface area contributed by atoms with Crippen molar-refractivity contribution in [2.75, 3.05) is 32.0 Å². The number of hydrogen-bond donors (Lipinski definition) is 1. The van der Waals surface area contributed by atoms with Crippen molar-refractivity contribution in [3.05, 3.63) is 60.0 Å². The summed E-state index contributed by atoms with van der Waals surface area (Å²) >= 11 is 0.937. The fourth-order valence-corrected chi connectivity index (χ4v) is 8.20. The summed E-state index contributed by atoms with van der Waals surface area (Å²) in [7, 11) is 0. The van der Waals surface area contributed by atoms with Crippen LogP contribution in [-0.2, 0) is 4.79 Å². The van der Waals surface area contributed by atoms with Crippen LogP contribution in [0.3, 0.4) is 0 Å². The van der Waals surface area contributed by atoms with E-state index in [9.17, 15) is 13.6 Å². The van der Waals surface area contributed by atoms with Gasteiger partial charge in [-0.3, -0.25) is 9.69 Å². The average Bonchev–Trinajstić information content (AvgIpc) is 3.77. The van der Waals surface area contributed by atoms with E-state index in [1.54, 1.807) is 4.90 Å². The maximum atomic E-state index is 16.0. The van der Waals surface area contributed by atoms with Gasteiger partial charge in [-0.15, -0.1) is 11.3 Å². The highest BCUT2D eigenvalue weighted by Crippen LogP contribution is 2.47. The number of thiophene rings is 1. The van der Waals surface area contributed by atoms with Gasteiger partial charge >= 0.3 is 6.01 Å². The molecule has 3 aliphatic rings. The van der Waals surface area contributed by atoms with Crippen LogP contribution < -0.4 is 15.2 Å². The Morgan fingerprint density at radius 1 is 1.26 bits per heavy atom. The molecule has 3 saturated heterocycles. The van der Waals surface area contributed by atoms with E-state index in [4.69, 9.17) is 21.8 Å². The Labute approximate surface area is 267 Å². The monoisotopic (exact) mass is 648 g/mol. The van der Waals surface area contributed by atoms with Crippen molar-refractivity contribution in [2.45, 2.75) is 56.5 Å². The van der Waals surface area contributed by atoms with E-state index in [1.807, 2.05) is 6.92 Å². The molecule has 7 rings (SSSR count). The summed E-state index contributed by atoms with van der Waals surface area (Å²) in [5.74, 6) is -1.35. The number of amides is 1. The van der Waals surface area contributed by atoms with Crippen molar-refractivity contribution in [1.29, 1.82) is 0 Å². The van der Waals surface area contributed by atoms with E-state index in [0.29, 0.717) is 37.0 Å². The topological polar surface area (TPSA) is 98.2 Å². The van der Waals surface area contributed by atoms with Crippen LogP contribution in [0.5, 0.6) is 11.9 Å². The minimum absolute atomic E-state index is 0.0147. The first-order valence-electron chi connectivity index (χ1n) is 15.1. The maximum Gasteiger partial charge on any atom is 0.320 e. The minimum atomic E-state index is -0.935. The lowest BCUT2D eigenvalue weighted by Gasteiger charge is -2.30. The maximum absolute atomic E-state index is 16.0. The first-order valence-corrected chi connectivity index (χ1v) is 16.0.